The van der Waals surface area contributed by atoms with Crippen molar-refractivity contribution in [2.24, 2.45) is 0 Å². The first-order valence-corrected chi connectivity index (χ1v) is 7.25. The van der Waals surface area contributed by atoms with Gasteiger partial charge in [0, 0.05) is 33.4 Å². The number of hydrogen-bond donors (Lipinski definition) is 2. The second kappa shape index (κ2) is 8.82. The van der Waals surface area contributed by atoms with Gasteiger partial charge in [0.2, 0.25) is 0 Å². The van der Waals surface area contributed by atoms with Gasteiger partial charge in [-0.15, -0.1) is 0 Å². The molecule has 0 aromatic heterocycles. The fraction of sp³-hybridized carbons (Fsp3) is 1.00. The van der Waals surface area contributed by atoms with Gasteiger partial charge < -0.3 is 9.84 Å². The summed E-state index contributed by atoms with van der Waals surface area (Å²) >= 11 is 0. The van der Waals surface area contributed by atoms with Crippen LogP contribution in [0.5, 0.6) is 0 Å². The van der Waals surface area contributed by atoms with Crippen LogP contribution in [0.25, 0.3) is 0 Å². The normalized spacial score (nSPS) is 14.2. The van der Waals surface area contributed by atoms with Crippen LogP contribution in [-0.4, -0.2) is 57.8 Å². The highest BCUT2D eigenvalue weighted by Gasteiger charge is 2.21. The Bertz CT molecular complexity index is 282. The molecule has 0 amide bonds. The maximum atomic E-state index is 11.8. The Morgan fingerprint density at radius 2 is 2.12 bits per heavy atom. The zero-order valence-corrected chi connectivity index (χ0v) is 11.7. The molecule has 0 aromatic carbocycles. The SMILES string of the molecule is CCCCN(C)S(=O)(=O)NC(CO)CCOC. The minimum absolute atomic E-state index is 0.232. The molecule has 0 heterocycles. The number of unbranched alkanes of at least 4 members (excludes halogenated alkanes) is 1. The van der Waals surface area contributed by atoms with Gasteiger partial charge >= 0.3 is 0 Å². The molecule has 0 aromatic rings. The van der Waals surface area contributed by atoms with E-state index in [0.717, 1.165) is 12.8 Å². The number of hydrogen-bond acceptors (Lipinski definition) is 4. The number of nitrogens with zero attached hydrogens (tertiary/aromatic N) is 1. The highest BCUT2D eigenvalue weighted by Crippen LogP contribution is 2.01. The van der Waals surface area contributed by atoms with Crippen molar-refractivity contribution in [3.63, 3.8) is 0 Å². The summed E-state index contributed by atoms with van der Waals surface area (Å²) in [6.07, 6.45) is 2.21. The van der Waals surface area contributed by atoms with Crippen molar-refractivity contribution < 1.29 is 18.3 Å². The first-order valence-electron chi connectivity index (χ1n) is 5.81. The van der Waals surface area contributed by atoms with Gasteiger partial charge in [-0.2, -0.15) is 17.4 Å². The fourth-order valence-corrected chi connectivity index (χ4v) is 2.41. The molecule has 1 atom stereocenters. The first-order chi connectivity index (χ1) is 7.97. The standard InChI is InChI=1S/C10H24N2O4S/c1-4-5-7-12(2)17(14,15)11-10(9-13)6-8-16-3/h10-11,13H,4-9H2,1-3H3. The Labute approximate surface area is 104 Å². The van der Waals surface area contributed by atoms with Gasteiger partial charge in [-0.05, 0) is 12.8 Å². The summed E-state index contributed by atoms with van der Waals surface area (Å²) in [5.41, 5.74) is 0. The highest BCUT2D eigenvalue weighted by molar-refractivity contribution is 7.87. The van der Waals surface area contributed by atoms with Crippen molar-refractivity contribution in [2.75, 3.05) is 33.9 Å². The summed E-state index contributed by atoms with van der Waals surface area (Å²) in [5, 5.41) is 9.07. The number of nitrogens with one attached hydrogen (secondary N) is 1. The van der Waals surface area contributed by atoms with Gasteiger partial charge in [-0.3, -0.25) is 0 Å². The number of ether oxygens (including phenoxy) is 1. The number of aliphatic hydroxyl groups excluding tert-OH is 1. The van der Waals surface area contributed by atoms with Crippen LogP contribution in [0.1, 0.15) is 26.2 Å². The van der Waals surface area contributed by atoms with E-state index in [1.807, 2.05) is 6.92 Å². The lowest BCUT2D eigenvalue weighted by Gasteiger charge is -2.21. The Balaban J connectivity index is 4.29. The van der Waals surface area contributed by atoms with Crippen molar-refractivity contribution in [2.45, 2.75) is 32.2 Å². The van der Waals surface area contributed by atoms with Crippen molar-refractivity contribution >= 4 is 10.2 Å². The molecule has 104 valence electrons. The van der Waals surface area contributed by atoms with Crippen LogP contribution in [0.2, 0.25) is 0 Å². The summed E-state index contributed by atoms with van der Waals surface area (Å²) in [5.74, 6) is 0. The van der Waals surface area contributed by atoms with Crippen LogP contribution in [0, 0.1) is 0 Å². The van der Waals surface area contributed by atoms with E-state index in [4.69, 9.17) is 9.84 Å². The molecule has 0 bridgehead atoms. The molecule has 0 rings (SSSR count). The van der Waals surface area contributed by atoms with E-state index in [1.54, 1.807) is 0 Å². The van der Waals surface area contributed by atoms with E-state index in [9.17, 15) is 8.42 Å². The Hall–Kier alpha value is -0.210. The van der Waals surface area contributed by atoms with Crippen molar-refractivity contribution in [3.8, 4) is 0 Å². The van der Waals surface area contributed by atoms with Crippen molar-refractivity contribution in [1.82, 2.24) is 9.03 Å². The Morgan fingerprint density at radius 1 is 1.47 bits per heavy atom. The maximum absolute atomic E-state index is 11.8. The third-order valence-corrected chi connectivity index (χ3v) is 4.08. The zero-order valence-electron chi connectivity index (χ0n) is 10.8. The first kappa shape index (κ1) is 16.8. The van der Waals surface area contributed by atoms with Crippen molar-refractivity contribution in [3.05, 3.63) is 0 Å². The predicted molar refractivity (Wildman–Crippen MR) is 67.0 cm³/mol. The molecule has 7 heteroatoms. The summed E-state index contributed by atoms with van der Waals surface area (Å²) in [4.78, 5) is 0. The summed E-state index contributed by atoms with van der Waals surface area (Å²) < 4.78 is 32.2. The third kappa shape index (κ3) is 6.95. The highest BCUT2D eigenvalue weighted by atomic mass is 32.2. The fourth-order valence-electron chi connectivity index (χ4n) is 1.25. The number of rotatable bonds is 10. The van der Waals surface area contributed by atoms with Crippen LogP contribution in [0.3, 0.4) is 0 Å². The molecule has 0 aliphatic rings. The average Bonchev–Trinajstić information content (AvgIpc) is 2.31. The van der Waals surface area contributed by atoms with Crippen LogP contribution in [-0.2, 0) is 14.9 Å². The van der Waals surface area contributed by atoms with Crippen molar-refractivity contribution in [1.29, 1.82) is 0 Å². The smallest absolute Gasteiger partial charge is 0.279 e. The lowest BCUT2D eigenvalue weighted by atomic mass is 10.2. The molecule has 2 N–H and O–H groups in total. The molecule has 6 nitrogen and oxygen atoms in total. The molecule has 0 aliphatic carbocycles. The minimum atomic E-state index is -3.51. The van der Waals surface area contributed by atoms with E-state index < -0.39 is 16.3 Å². The summed E-state index contributed by atoms with van der Waals surface area (Å²) in [7, 11) is -0.438. The van der Waals surface area contributed by atoms with E-state index in [1.165, 1.54) is 18.5 Å². The second-order valence-electron chi connectivity index (χ2n) is 3.96. The van der Waals surface area contributed by atoms with Gasteiger partial charge in [-0.25, -0.2) is 0 Å². The van der Waals surface area contributed by atoms with Crippen LogP contribution in [0.4, 0.5) is 0 Å². The lowest BCUT2D eigenvalue weighted by molar-refractivity contribution is 0.166. The summed E-state index contributed by atoms with van der Waals surface area (Å²) in [6, 6.07) is -0.496. The van der Waals surface area contributed by atoms with Crippen LogP contribution >= 0.6 is 0 Å². The monoisotopic (exact) mass is 268 g/mol. The van der Waals surface area contributed by atoms with Gasteiger partial charge in [0.15, 0.2) is 0 Å². The Kier molecular flexibility index (Phi) is 8.71. The molecule has 0 saturated carbocycles. The van der Waals surface area contributed by atoms with Gasteiger partial charge in [0.05, 0.1) is 6.61 Å². The lowest BCUT2D eigenvalue weighted by Crippen LogP contribution is -2.45. The van der Waals surface area contributed by atoms with E-state index in [0.29, 0.717) is 19.6 Å². The topological polar surface area (TPSA) is 78.9 Å². The predicted octanol–water partition coefficient (Wildman–Crippen LogP) is -0.0499. The molecule has 0 aliphatic heterocycles. The molecule has 17 heavy (non-hydrogen) atoms. The summed E-state index contributed by atoms with van der Waals surface area (Å²) in [6.45, 7) is 2.66. The molecular weight excluding hydrogens is 244 g/mol. The Morgan fingerprint density at radius 3 is 2.59 bits per heavy atom. The maximum Gasteiger partial charge on any atom is 0.279 e. The van der Waals surface area contributed by atoms with Gasteiger partial charge in [-0.1, -0.05) is 13.3 Å². The largest absolute Gasteiger partial charge is 0.395 e. The number of methoxy groups -OCH3 is 1. The second-order valence-corrected chi connectivity index (χ2v) is 5.77. The van der Waals surface area contributed by atoms with Crippen LogP contribution < -0.4 is 4.72 Å². The minimum Gasteiger partial charge on any atom is -0.395 e. The van der Waals surface area contributed by atoms with E-state index in [-0.39, 0.29) is 6.61 Å². The van der Waals surface area contributed by atoms with Crippen LogP contribution in [0.15, 0.2) is 0 Å². The quantitative estimate of drug-likeness (QED) is 0.582. The molecule has 1 unspecified atom stereocenters. The molecule has 0 fully saturated rings. The molecule has 0 radical (unpaired) electrons. The molecular formula is C10H24N2O4S. The molecule has 0 spiro atoms. The van der Waals surface area contributed by atoms with Gasteiger partial charge in [0.25, 0.3) is 10.2 Å². The van der Waals surface area contributed by atoms with E-state index in [2.05, 4.69) is 4.72 Å². The number of aliphatic hydroxyl groups is 1. The van der Waals surface area contributed by atoms with E-state index >= 15 is 0 Å². The zero-order chi connectivity index (χ0) is 13.3. The third-order valence-electron chi connectivity index (χ3n) is 2.44. The molecule has 0 saturated heterocycles. The average molecular weight is 268 g/mol. The van der Waals surface area contributed by atoms with Gasteiger partial charge in [0.1, 0.15) is 0 Å².